The minimum Gasteiger partial charge on any atom is -0.493 e. The van der Waals surface area contributed by atoms with Crippen LogP contribution in [-0.2, 0) is 11.3 Å². The van der Waals surface area contributed by atoms with Gasteiger partial charge in [-0.25, -0.2) is 0 Å². The Kier molecular flexibility index (Phi) is 6.94. The Balaban J connectivity index is 1.59. The van der Waals surface area contributed by atoms with Crippen molar-refractivity contribution >= 4 is 29.0 Å². The minimum absolute atomic E-state index is 0.00171. The van der Waals surface area contributed by atoms with Gasteiger partial charge in [0.25, 0.3) is 11.1 Å². The smallest absolute Gasteiger partial charge is 0.277 e. The predicted molar refractivity (Wildman–Crippen MR) is 109 cm³/mol. The molecule has 0 radical (unpaired) electrons. The van der Waals surface area contributed by atoms with Crippen molar-refractivity contribution in [1.82, 2.24) is 15.1 Å². The quantitative estimate of drug-likeness (QED) is 0.486. The predicted octanol–water partition coefficient (Wildman–Crippen LogP) is 3.96. The molecule has 3 aromatic rings. The lowest BCUT2D eigenvalue weighted by atomic mass is 10.2. The van der Waals surface area contributed by atoms with Crippen LogP contribution in [0, 0.1) is 0 Å². The standard InChI is InChI=1S/C19H21N3O4S2/c1-4-22(11-13-7-8-14(24-2)15(10-13)25-3)17(23)12-28-19-21-20-18(26-19)16-6-5-9-27-16/h5-10H,4,11-12H2,1-3H3. The number of hydrogen-bond acceptors (Lipinski definition) is 8. The van der Waals surface area contributed by atoms with Gasteiger partial charge in [-0.3, -0.25) is 4.79 Å². The van der Waals surface area contributed by atoms with Crippen LogP contribution in [0.2, 0.25) is 0 Å². The summed E-state index contributed by atoms with van der Waals surface area (Å²) < 4.78 is 16.2. The van der Waals surface area contributed by atoms with Crippen molar-refractivity contribution in [2.75, 3.05) is 26.5 Å². The lowest BCUT2D eigenvalue weighted by Gasteiger charge is -2.21. The fourth-order valence-electron chi connectivity index (χ4n) is 2.56. The number of thioether (sulfide) groups is 1. The number of carbonyl (C=O) groups excluding carboxylic acids is 1. The monoisotopic (exact) mass is 419 g/mol. The van der Waals surface area contributed by atoms with Gasteiger partial charge < -0.3 is 18.8 Å². The Morgan fingerprint density at radius 1 is 1.21 bits per heavy atom. The summed E-state index contributed by atoms with van der Waals surface area (Å²) in [6.45, 7) is 3.03. The maximum absolute atomic E-state index is 12.6. The van der Waals surface area contributed by atoms with Crippen LogP contribution in [0.5, 0.6) is 11.5 Å². The van der Waals surface area contributed by atoms with Crippen molar-refractivity contribution in [3.63, 3.8) is 0 Å². The van der Waals surface area contributed by atoms with Gasteiger partial charge in [0, 0.05) is 13.1 Å². The van der Waals surface area contributed by atoms with Crippen LogP contribution >= 0.6 is 23.1 Å². The summed E-state index contributed by atoms with van der Waals surface area (Å²) in [7, 11) is 3.19. The molecule has 2 aromatic heterocycles. The Labute approximate surface area is 171 Å². The SMILES string of the molecule is CCN(Cc1ccc(OC)c(OC)c1)C(=O)CSc1nnc(-c2cccs2)o1. The van der Waals surface area contributed by atoms with Gasteiger partial charge in [-0.15, -0.1) is 21.5 Å². The fourth-order valence-corrected chi connectivity index (χ4v) is 3.87. The first-order valence-electron chi connectivity index (χ1n) is 8.63. The number of ether oxygens (including phenoxy) is 2. The van der Waals surface area contributed by atoms with Gasteiger partial charge in [-0.1, -0.05) is 23.9 Å². The third-order valence-corrected chi connectivity index (χ3v) is 5.67. The van der Waals surface area contributed by atoms with Crippen molar-refractivity contribution in [2.24, 2.45) is 0 Å². The summed E-state index contributed by atoms with van der Waals surface area (Å²) >= 11 is 2.77. The Hall–Kier alpha value is -2.52. The van der Waals surface area contributed by atoms with E-state index in [1.807, 2.05) is 42.6 Å². The molecule has 28 heavy (non-hydrogen) atoms. The molecule has 0 fully saturated rings. The molecule has 1 amide bonds. The summed E-state index contributed by atoms with van der Waals surface area (Å²) in [5.74, 6) is 2.01. The average Bonchev–Trinajstić information content (AvgIpc) is 3.41. The lowest BCUT2D eigenvalue weighted by Crippen LogP contribution is -2.31. The molecule has 0 unspecified atom stereocenters. The van der Waals surface area contributed by atoms with Gasteiger partial charge in [-0.2, -0.15) is 0 Å². The summed E-state index contributed by atoms with van der Waals surface area (Å²) in [5.41, 5.74) is 0.968. The van der Waals surface area contributed by atoms with Gasteiger partial charge in [0.2, 0.25) is 5.91 Å². The van der Waals surface area contributed by atoms with Crippen molar-refractivity contribution in [3.05, 3.63) is 41.3 Å². The van der Waals surface area contributed by atoms with E-state index >= 15 is 0 Å². The molecule has 0 aliphatic rings. The Morgan fingerprint density at radius 2 is 2.04 bits per heavy atom. The van der Waals surface area contributed by atoms with Crippen LogP contribution in [0.25, 0.3) is 10.8 Å². The number of methoxy groups -OCH3 is 2. The number of rotatable bonds is 9. The highest BCUT2D eigenvalue weighted by Crippen LogP contribution is 2.29. The molecule has 9 heteroatoms. The molecule has 0 aliphatic heterocycles. The van der Waals surface area contributed by atoms with Crippen LogP contribution in [0.4, 0.5) is 0 Å². The number of carbonyl (C=O) groups is 1. The van der Waals surface area contributed by atoms with Crippen LogP contribution in [-0.4, -0.2) is 47.5 Å². The van der Waals surface area contributed by atoms with Gasteiger partial charge in [0.1, 0.15) is 0 Å². The largest absolute Gasteiger partial charge is 0.493 e. The van der Waals surface area contributed by atoms with Crippen molar-refractivity contribution in [2.45, 2.75) is 18.7 Å². The maximum Gasteiger partial charge on any atom is 0.277 e. The lowest BCUT2D eigenvalue weighted by molar-refractivity contribution is -0.128. The molecule has 0 N–H and O–H groups in total. The minimum atomic E-state index is -0.00171. The van der Waals surface area contributed by atoms with Gasteiger partial charge >= 0.3 is 0 Å². The van der Waals surface area contributed by atoms with E-state index in [0.29, 0.717) is 35.7 Å². The number of hydrogen-bond donors (Lipinski definition) is 0. The zero-order chi connectivity index (χ0) is 19.9. The van der Waals surface area contributed by atoms with Gasteiger partial charge in [0.05, 0.1) is 24.8 Å². The molecule has 1 aromatic carbocycles. The second-order valence-electron chi connectivity index (χ2n) is 5.74. The highest BCUT2D eigenvalue weighted by Gasteiger charge is 2.17. The maximum atomic E-state index is 12.6. The third-order valence-electron chi connectivity index (χ3n) is 4.01. The molecular formula is C19H21N3O4S2. The Bertz CT molecular complexity index is 912. The number of thiophene rings is 1. The molecule has 0 atom stereocenters. The Morgan fingerprint density at radius 3 is 2.71 bits per heavy atom. The van der Waals surface area contributed by atoms with Crippen LogP contribution in [0.3, 0.4) is 0 Å². The molecular weight excluding hydrogens is 398 g/mol. The molecule has 3 rings (SSSR count). The molecule has 0 saturated carbocycles. The van der Waals surface area contributed by atoms with E-state index in [9.17, 15) is 4.79 Å². The second kappa shape index (κ2) is 9.61. The van der Waals surface area contributed by atoms with Crippen molar-refractivity contribution in [1.29, 1.82) is 0 Å². The molecule has 2 heterocycles. The van der Waals surface area contributed by atoms with Crippen LogP contribution in [0.1, 0.15) is 12.5 Å². The summed E-state index contributed by atoms with van der Waals surface area (Å²) in [4.78, 5) is 15.3. The first-order chi connectivity index (χ1) is 13.6. The highest BCUT2D eigenvalue weighted by atomic mass is 32.2. The zero-order valence-corrected chi connectivity index (χ0v) is 17.5. The number of amides is 1. The number of benzene rings is 1. The molecule has 0 spiro atoms. The van der Waals surface area contributed by atoms with E-state index in [-0.39, 0.29) is 11.7 Å². The molecule has 0 bridgehead atoms. The van der Waals surface area contributed by atoms with Crippen molar-refractivity contribution in [3.8, 4) is 22.3 Å². The highest BCUT2D eigenvalue weighted by molar-refractivity contribution is 7.99. The first kappa shape index (κ1) is 20.2. The summed E-state index contributed by atoms with van der Waals surface area (Å²) in [5, 5.41) is 10.4. The zero-order valence-electron chi connectivity index (χ0n) is 15.9. The van der Waals surface area contributed by atoms with E-state index in [0.717, 1.165) is 10.4 Å². The summed E-state index contributed by atoms with van der Waals surface area (Å²) in [6, 6.07) is 9.49. The fraction of sp³-hybridized carbons (Fsp3) is 0.316. The molecule has 148 valence electrons. The average molecular weight is 420 g/mol. The van der Waals surface area contributed by atoms with Gasteiger partial charge in [0.15, 0.2) is 11.5 Å². The molecule has 0 aliphatic carbocycles. The van der Waals surface area contributed by atoms with E-state index in [4.69, 9.17) is 13.9 Å². The molecule has 0 saturated heterocycles. The van der Waals surface area contributed by atoms with E-state index in [1.54, 1.807) is 19.1 Å². The van der Waals surface area contributed by atoms with E-state index < -0.39 is 0 Å². The number of aromatic nitrogens is 2. The first-order valence-corrected chi connectivity index (χ1v) is 10.5. The summed E-state index contributed by atoms with van der Waals surface area (Å²) in [6.07, 6.45) is 0. The normalized spacial score (nSPS) is 10.7. The molecule has 7 nitrogen and oxygen atoms in total. The van der Waals surface area contributed by atoms with Gasteiger partial charge in [-0.05, 0) is 36.1 Å². The van der Waals surface area contributed by atoms with E-state index in [2.05, 4.69) is 10.2 Å². The third kappa shape index (κ3) is 4.85. The van der Waals surface area contributed by atoms with Crippen LogP contribution < -0.4 is 9.47 Å². The van der Waals surface area contributed by atoms with Crippen LogP contribution in [0.15, 0.2) is 45.4 Å². The van der Waals surface area contributed by atoms with E-state index in [1.165, 1.54) is 23.1 Å². The second-order valence-corrected chi connectivity index (χ2v) is 7.61. The topological polar surface area (TPSA) is 77.7 Å². The number of nitrogens with zero attached hydrogens (tertiary/aromatic N) is 3. The van der Waals surface area contributed by atoms with Crippen molar-refractivity contribution < 1.29 is 18.7 Å².